The topological polar surface area (TPSA) is 33.4 Å². The first-order valence-electron chi connectivity index (χ1n) is 8.41. The zero-order chi connectivity index (χ0) is 15.6. The Kier molecular flexibility index (Phi) is 4.23. The maximum Gasteiger partial charge on any atom is 0.196 e. The summed E-state index contributed by atoms with van der Waals surface area (Å²) in [6, 6.07) is 10.6. The van der Waals surface area contributed by atoms with E-state index in [2.05, 4.69) is 56.8 Å². The number of piperidine rings is 1. The smallest absolute Gasteiger partial charge is 0.196 e. The number of pyridine rings is 1. The van der Waals surface area contributed by atoms with Crippen molar-refractivity contribution in [3.8, 4) is 0 Å². The van der Waals surface area contributed by atoms with Crippen LogP contribution in [0.15, 0.2) is 35.5 Å². The third kappa shape index (κ3) is 2.95. The van der Waals surface area contributed by atoms with Gasteiger partial charge in [-0.3, -0.25) is 4.40 Å². The molecule has 5 heteroatoms. The van der Waals surface area contributed by atoms with Gasteiger partial charge in [-0.25, -0.2) is 0 Å². The highest BCUT2D eigenvalue weighted by Gasteiger charge is 2.13. The lowest BCUT2D eigenvalue weighted by molar-refractivity contribution is 0.242. The molecule has 0 amide bonds. The van der Waals surface area contributed by atoms with Crippen LogP contribution in [0.5, 0.6) is 0 Å². The van der Waals surface area contributed by atoms with E-state index in [1.165, 1.54) is 48.8 Å². The van der Waals surface area contributed by atoms with E-state index < -0.39 is 0 Å². The summed E-state index contributed by atoms with van der Waals surface area (Å²) in [5.41, 5.74) is 3.40. The van der Waals surface area contributed by atoms with Crippen molar-refractivity contribution in [3.05, 3.63) is 35.9 Å². The number of para-hydroxylation sites is 1. The van der Waals surface area contributed by atoms with Crippen LogP contribution in [0.1, 0.15) is 24.8 Å². The number of fused-ring (bicyclic) bond motifs is 3. The zero-order valence-electron chi connectivity index (χ0n) is 13.5. The van der Waals surface area contributed by atoms with Crippen molar-refractivity contribution < 1.29 is 0 Å². The molecular weight excluding hydrogens is 304 g/mol. The quantitative estimate of drug-likeness (QED) is 0.683. The molecule has 1 saturated heterocycles. The summed E-state index contributed by atoms with van der Waals surface area (Å²) in [5.74, 6) is 1.07. The average Bonchev–Trinajstić information content (AvgIpc) is 2.99. The van der Waals surface area contributed by atoms with Crippen LogP contribution in [0.25, 0.3) is 16.6 Å². The van der Waals surface area contributed by atoms with Gasteiger partial charge in [0.2, 0.25) is 0 Å². The molecule has 1 aliphatic rings. The minimum atomic E-state index is 0.946. The average molecular weight is 326 g/mol. The molecule has 0 spiro atoms. The second-order valence-electron chi connectivity index (χ2n) is 6.27. The molecule has 0 bridgehead atoms. The Morgan fingerprint density at radius 2 is 1.91 bits per heavy atom. The predicted molar refractivity (Wildman–Crippen MR) is 96.2 cm³/mol. The molecule has 0 N–H and O–H groups in total. The summed E-state index contributed by atoms with van der Waals surface area (Å²) in [5, 5.41) is 11.1. The fourth-order valence-corrected chi connectivity index (χ4v) is 4.37. The van der Waals surface area contributed by atoms with Crippen molar-refractivity contribution in [3.63, 3.8) is 0 Å². The second-order valence-corrected chi connectivity index (χ2v) is 7.33. The molecule has 3 heterocycles. The third-order valence-electron chi connectivity index (χ3n) is 4.66. The molecule has 1 aromatic carbocycles. The van der Waals surface area contributed by atoms with Gasteiger partial charge in [0.25, 0.3) is 0 Å². The number of thioether (sulfide) groups is 1. The van der Waals surface area contributed by atoms with Gasteiger partial charge in [0.1, 0.15) is 0 Å². The zero-order valence-corrected chi connectivity index (χ0v) is 14.4. The number of nitrogens with zero attached hydrogens (tertiary/aromatic N) is 4. The Labute approximate surface area is 140 Å². The van der Waals surface area contributed by atoms with Crippen molar-refractivity contribution in [2.45, 2.75) is 31.3 Å². The van der Waals surface area contributed by atoms with E-state index in [0.717, 1.165) is 23.1 Å². The van der Waals surface area contributed by atoms with Crippen LogP contribution in [-0.2, 0) is 0 Å². The summed E-state index contributed by atoms with van der Waals surface area (Å²) in [7, 11) is 0. The number of aryl methyl sites for hydroxylation is 1. The van der Waals surface area contributed by atoms with E-state index in [0.29, 0.717) is 0 Å². The standard InChI is InChI=1S/C18H22N4S/c1-14-13-17-19-20-18(22(17)16-8-4-3-7-15(14)16)23-12-11-21-9-5-2-6-10-21/h3-4,7-8,13H,2,5-6,9-12H2,1H3. The molecule has 120 valence electrons. The van der Waals surface area contributed by atoms with E-state index in [1.807, 2.05) is 11.8 Å². The van der Waals surface area contributed by atoms with Gasteiger partial charge in [-0.05, 0) is 50.6 Å². The van der Waals surface area contributed by atoms with Crippen LogP contribution in [-0.4, -0.2) is 44.9 Å². The maximum atomic E-state index is 4.43. The first kappa shape index (κ1) is 15.0. The molecule has 1 fully saturated rings. The summed E-state index contributed by atoms with van der Waals surface area (Å²) >= 11 is 1.82. The largest absolute Gasteiger partial charge is 0.303 e. The highest BCUT2D eigenvalue weighted by molar-refractivity contribution is 7.99. The molecule has 0 unspecified atom stereocenters. The molecule has 2 aromatic heterocycles. The molecule has 0 atom stereocenters. The van der Waals surface area contributed by atoms with Crippen LogP contribution in [0, 0.1) is 6.92 Å². The minimum absolute atomic E-state index is 0.946. The number of aromatic nitrogens is 3. The molecule has 3 aromatic rings. The Morgan fingerprint density at radius 1 is 1.09 bits per heavy atom. The van der Waals surface area contributed by atoms with E-state index in [1.54, 1.807) is 0 Å². The third-order valence-corrected chi connectivity index (χ3v) is 5.57. The highest BCUT2D eigenvalue weighted by atomic mass is 32.2. The first-order valence-corrected chi connectivity index (χ1v) is 9.40. The van der Waals surface area contributed by atoms with Crippen molar-refractivity contribution in [1.82, 2.24) is 19.5 Å². The van der Waals surface area contributed by atoms with Gasteiger partial charge in [-0.15, -0.1) is 10.2 Å². The number of rotatable bonds is 4. The Morgan fingerprint density at radius 3 is 2.78 bits per heavy atom. The number of hydrogen-bond donors (Lipinski definition) is 0. The fourth-order valence-electron chi connectivity index (χ4n) is 3.42. The van der Waals surface area contributed by atoms with Gasteiger partial charge in [-0.2, -0.15) is 0 Å². The summed E-state index contributed by atoms with van der Waals surface area (Å²) in [4.78, 5) is 2.57. The molecule has 4 nitrogen and oxygen atoms in total. The van der Waals surface area contributed by atoms with Crippen LogP contribution in [0.4, 0.5) is 0 Å². The van der Waals surface area contributed by atoms with Crippen molar-refractivity contribution in [2.24, 2.45) is 0 Å². The van der Waals surface area contributed by atoms with Crippen molar-refractivity contribution in [1.29, 1.82) is 0 Å². The van der Waals surface area contributed by atoms with Gasteiger partial charge in [0, 0.05) is 17.7 Å². The number of likely N-dealkylation sites (tertiary alicyclic amines) is 1. The predicted octanol–water partition coefficient (Wildman–Crippen LogP) is 3.77. The summed E-state index contributed by atoms with van der Waals surface area (Å²) in [6.45, 7) is 5.79. The van der Waals surface area contributed by atoms with E-state index in [-0.39, 0.29) is 0 Å². The molecule has 0 radical (unpaired) electrons. The SMILES string of the molecule is Cc1cc2nnc(SCCN3CCCCC3)n2c2ccccc12. The monoisotopic (exact) mass is 326 g/mol. The summed E-state index contributed by atoms with van der Waals surface area (Å²) in [6.07, 6.45) is 4.09. The lowest BCUT2D eigenvalue weighted by Crippen LogP contribution is -2.31. The molecule has 0 aliphatic carbocycles. The van der Waals surface area contributed by atoms with Crippen LogP contribution < -0.4 is 0 Å². The van der Waals surface area contributed by atoms with Crippen LogP contribution >= 0.6 is 11.8 Å². The fraction of sp³-hybridized carbons (Fsp3) is 0.444. The van der Waals surface area contributed by atoms with Crippen molar-refractivity contribution in [2.75, 3.05) is 25.4 Å². The molecule has 0 saturated carbocycles. The van der Waals surface area contributed by atoms with Gasteiger partial charge in [-0.1, -0.05) is 36.4 Å². The number of hydrogen-bond acceptors (Lipinski definition) is 4. The van der Waals surface area contributed by atoms with Crippen LogP contribution in [0.2, 0.25) is 0 Å². The normalized spacial score (nSPS) is 16.4. The molecule has 4 rings (SSSR count). The van der Waals surface area contributed by atoms with Gasteiger partial charge >= 0.3 is 0 Å². The second kappa shape index (κ2) is 6.49. The highest BCUT2D eigenvalue weighted by Crippen LogP contribution is 2.25. The minimum Gasteiger partial charge on any atom is -0.303 e. The van der Waals surface area contributed by atoms with E-state index in [4.69, 9.17) is 0 Å². The Hall–Kier alpha value is -1.59. The van der Waals surface area contributed by atoms with E-state index in [9.17, 15) is 0 Å². The molecule has 23 heavy (non-hydrogen) atoms. The van der Waals surface area contributed by atoms with Gasteiger partial charge < -0.3 is 4.90 Å². The van der Waals surface area contributed by atoms with Gasteiger partial charge in [0.05, 0.1) is 5.52 Å². The Balaban J connectivity index is 1.59. The first-order chi connectivity index (χ1) is 11.3. The number of benzene rings is 1. The lowest BCUT2D eigenvalue weighted by Gasteiger charge is -2.25. The molecule has 1 aliphatic heterocycles. The Bertz CT molecular complexity index is 820. The lowest BCUT2D eigenvalue weighted by atomic mass is 10.1. The van der Waals surface area contributed by atoms with E-state index >= 15 is 0 Å². The molecular formula is C18H22N4S. The van der Waals surface area contributed by atoms with Crippen molar-refractivity contribution >= 4 is 28.3 Å². The van der Waals surface area contributed by atoms with Crippen LogP contribution in [0.3, 0.4) is 0 Å². The summed E-state index contributed by atoms with van der Waals surface area (Å²) < 4.78 is 2.20. The van der Waals surface area contributed by atoms with Gasteiger partial charge in [0.15, 0.2) is 10.8 Å². The maximum absolute atomic E-state index is 4.43.